The third kappa shape index (κ3) is 3.38. The van der Waals surface area contributed by atoms with Gasteiger partial charge in [0.2, 0.25) is 0 Å². The molecule has 0 fully saturated rings. The number of nitrogen functional groups attached to an aromatic ring is 1. The molecule has 0 atom stereocenters. The van der Waals surface area contributed by atoms with Crippen molar-refractivity contribution in [1.29, 1.82) is 0 Å². The molecule has 1 aromatic rings. The fourth-order valence-electron chi connectivity index (χ4n) is 1.43. The Morgan fingerprint density at radius 1 is 1.44 bits per heavy atom. The normalized spacial score (nSPS) is 12.9. The highest BCUT2D eigenvalue weighted by Crippen LogP contribution is 2.22. The summed E-state index contributed by atoms with van der Waals surface area (Å²) in [7, 11) is 1.92. The summed E-state index contributed by atoms with van der Waals surface area (Å²) < 4.78 is 30.7. The van der Waals surface area contributed by atoms with E-state index in [0.29, 0.717) is 11.6 Å². The minimum absolute atomic E-state index is 0.0425. The summed E-state index contributed by atoms with van der Waals surface area (Å²) in [6.45, 7) is 3.04. The van der Waals surface area contributed by atoms with Crippen molar-refractivity contribution >= 4 is 11.5 Å². The molecule has 4 nitrogen and oxygen atoms in total. The maximum absolute atomic E-state index is 12.2. The molecule has 0 unspecified atom stereocenters. The molecule has 1 rings (SSSR count). The Bertz CT molecular complexity index is 459. The Hall–Kier alpha value is -1.72. The van der Waals surface area contributed by atoms with Gasteiger partial charge in [0.05, 0.1) is 5.56 Å². The van der Waals surface area contributed by atoms with Crippen molar-refractivity contribution < 1.29 is 18.1 Å². The van der Waals surface area contributed by atoms with E-state index in [9.17, 15) is 8.78 Å². The molecule has 0 aromatic carbocycles. The van der Waals surface area contributed by atoms with Crippen LogP contribution in [0.15, 0.2) is 12.3 Å². The van der Waals surface area contributed by atoms with Gasteiger partial charge in [-0.15, -0.1) is 0 Å². The summed E-state index contributed by atoms with van der Waals surface area (Å²) in [6.07, 6.45) is 1.54. The van der Waals surface area contributed by atoms with Gasteiger partial charge < -0.3 is 10.5 Å². The van der Waals surface area contributed by atoms with E-state index in [1.807, 2.05) is 32.4 Å². The van der Waals surface area contributed by atoms with Crippen LogP contribution in [-0.2, 0) is 0 Å². The first-order valence-corrected chi connectivity index (χ1v) is 5.60. The number of hydrogen-bond acceptors (Lipinski definition) is 3. The van der Waals surface area contributed by atoms with Crippen molar-refractivity contribution in [2.24, 2.45) is 0 Å². The van der Waals surface area contributed by atoms with Crippen LogP contribution in [0.25, 0.3) is 0 Å². The summed E-state index contributed by atoms with van der Waals surface area (Å²) in [5.74, 6) is -0.141. The Labute approximate surface area is 105 Å². The molecule has 6 heteroatoms. The van der Waals surface area contributed by atoms with Gasteiger partial charge >= 0.3 is 6.61 Å². The predicted molar refractivity (Wildman–Crippen MR) is 66.4 cm³/mol. The molecule has 0 aliphatic carbocycles. The maximum atomic E-state index is 12.2. The van der Waals surface area contributed by atoms with Crippen molar-refractivity contribution in [3.05, 3.63) is 17.8 Å². The first-order valence-electron chi connectivity index (χ1n) is 5.60. The molecular weight excluding hydrogens is 240 g/mol. The Morgan fingerprint density at radius 2 is 2.06 bits per heavy atom. The van der Waals surface area contributed by atoms with Gasteiger partial charge in [0.25, 0.3) is 0 Å². The van der Waals surface area contributed by atoms with Gasteiger partial charge in [-0.05, 0) is 19.9 Å². The SMILES string of the molecule is CC(c1cnc(N)c(OC(F)F)c1)=[N+](C)C(C)C. The van der Waals surface area contributed by atoms with E-state index < -0.39 is 6.61 Å². The molecule has 0 aliphatic rings. The number of halogens is 2. The van der Waals surface area contributed by atoms with E-state index in [1.165, 1.54) is 6.07 Å². The highest BCUT2D eigenvalue weighted by atomic mass is 19.3. The zero-order valence-electron chi connectivity index (χ0n) is 10.9. The molecule has 1 heterocycles. The maximum Gasteiger partial charge on any atom is 0.387 e. The van der Waals surface area contributed by atoms with Crippen LogP contribution in [0.4, 0.5) is 14.6 Å². The van der Waals surface area contributed by atoms with Crippen molar-refractivity contribution in [1.82, 2.24) is 4.98 Å². The quantitative estimate of drug-likeness (QED) is 0.665. The van der Waals surface area contributed by atoms with Crippen molar-refractivity contribution in [2.75, 3.05) is 12.8 Å². The third-order valence-electron chi connectivity index (χ3n) is 2.82. The summed E-state index contributed by atoms with van der Waals surface area (Å²) >= 11 is 0. The first kappa shape index (κ1) is 14.3. The van der Waals surface area contributed by atoms with Gasteiger partial charge in [0, 0.05) is 13.1 Å². The van der Waals surface area contributed by atoms with E-state index in [2.05, 4.69) is 9.72 Å². The summed E-state index contributed by atoms with van der Waals surface area (Å²) in [4.78, 5) is 3.87. The van der Waals surface area contributed by atoms with Crippen LogP contribution in [0.3, 0.4) is 0 Å². The zero-order valence-corrected chi connectivity index (χ0v) is 10.9. The fourth-order valence-corrected chi connectivity index (χ4v) is 1.43. The Kier molecular flexibility index (Phi) is 4.58. The van der Waals surface area contributed by atoms with Gasteiger partial charge in [-0.3, -0.25) is 0 Å². The lowest BCUT2D eigenvalue weighted by molar-refractivity contribution is -0.529. The van der Waals surface area contributed by atoms with Gasteiger partial charge in [-0.2, -0.15) is 8.78 Å². The van der Waals surface area contributed by atoms with E-state index in [1.54, 1.807) is 6.20 Å². The second kappa shape index (κ2) is 5.75. The van der Waals surface area contributed by atoms with E-state index in [0.717, 1.165) is 5.71 Å². The number of ether oxygens (including phenoxy) is 1. The monoisotopic (exact) mass is 258 g/mol. The number of aromatic nitrogens is 1. The van der Waals surface area contributed by atoms with Crippen molar-refractivity contribution in [3.8, 4) is 5.75 Å². The Balaban J connectivity index is 3.16. The molecule has 18 heavy (non-hydrogen) atoms. The van der Waals surface area contributed by atoms with Crippen LogP contribution < -0.4 is 10.5 Å². The first-order chi connectivity index (χ1) is 8.32. The molecule has 0 aliphatic heterocycles. The average molecular weight is 258 g/mol. The molecule has 0 radical (unpaired) electrons. The lowest BCUT2D eigenvalue weighted by Gasteiger charge is -2.10. The topological polar surface area (TPSA) is 51.1 Å². The van der Waals surface area contributed by atoms with Crippen LogP contribution in [-0.4, -0.2) is 35.0 Å². The lowest BCUT2D eigenvalue weighted by Crippen LogP contribution is -2.23. The number of hydrogen-bond donors (Lipinski definition) is 1. The van der Waals surface area contributed by atoms with E-state index in [4.69, 9.17) is 5.73 Å². The van der Waals surface area contributed by atoms with E-state index in [-0.39, 0.29) is 11.6 Å². The van der Waals surface area contributed by atoms with Gasteiger partial charge in [-0.1, -0.05) is 0 Å². The second-order valence-corrected chi connectivity index (χ2v) is 4.28. The average Bonchev–Trinajstić information content (AvgIpc) is 2.29. The van der Waals surface area contributed by atoms with Gasteiger partial charge in [0.1, 0.15) is 13.1 Å². The number of pyridine rings is 1. The van der Waals surface area contributed by atoms with Crippen LogP contribution >= 0.6 is 0 Å². The highest BCUT2D eigenvalue weighted by molar-refractivity contribution is 5.95. The molecule has 2 N–H and O–H groups in total. The summed E-state index contributed by atoms with van der Waals surface area (Å²) in [6, 6.07) is 1.77. The van der Waals surface area contributed by atoms with Crippen LogP contribution in [0.5, 0.6) is 5.75 Å². The molecule has 0 saturated carbocycles. The van der Waals surface area contributed by atoms with Gasteiger partial charge in [0.15, 0.2) is 17.3 Å². The standard InChI is InChI=1S/C12H17F2N3O/c1-7(2)17(4)8(3)9-5-10(18-12(13)14)11(15)16-6-9/h5-7,12,15H,1-4H3/p+1. The number of nitrogens with two attached hydrogens (primary N) is 1. The van der Waals surface area contributed by atoms with Crippen molar-refractivity contribution in [2.45, 2.75) is 33.4 Å². The predicted octanol–water partition coefficient (Wildman–Crippen LogP) is 2.12. The molecule has 0 bridgehead atoms. The zero-order chi connectivity index (χ0) is 13.9. The second-order valence-electron chi connectivity index (χ2n) is 4.28. The van der Waals surface area contributed by atoms with Crippen LogP contribution in [0.1, 0.15) is 26.3 Å². The summed E-state index contributed by atoms with van der Waals surface area (Å²) in [5.41, 5.74) is 7.10. The Morgan fingerprint density at radius 3 is 2.56 bits per heavy atom. The molecular formula is C12H18F2N3O+. The minimum atomic E-state index is -2.91. The lowest BCUT2D eigenvalue weighted by atomic mass is 10.1. The van der Waals surface area contributed by atoms with Crippen molar-refractivity contribution in [3.63, 3.8) is 0 Å². The molecule has 0 spiro atoms. The number of rotatable bonds is 4. The largest absolute Gasteiger partial charge is 0.431 e. The van der Waals surface area contributed by atoms with Crippen LogP contribution in [0, 0.1) is 0 Å². The number of anilines is 1. The van der Waals surface area contributed by atoms with Gasteiger partial charge in [-0.25, -0.2) is 9.56 Å². The molecule has 0 saturated heterocycles. The summed E-state index contributed by atoms with van der Waals surface area (Å²) in [5, 5.41) is 0. The smallest absolute Gasteiger partial charge is 0.387 e. The van der Waals surface area contributed by atoms with Crippen LogP contribution in [0.2, 0.25) is 0 Å². The fraction of sp³-hybridized carbons (Fsp3) is 0.500. The third-order valence-corrected chi connectivity index (χ3v) is 2.82. The highest BCUT2D eigenvalue weighted by Gasteiger charge is 2.16. The molecule has 0 amide bonds. The number of alkyl halides is 2. The molecule has 1 aromatic heterocycles. The minimum Gasteiger partial charge on any atom is -0.431 e. The molecule has 100 valence electrons. The van der Waals surface area contributed by atoms with E-state index >= 15 is 0 Å². The number of nitrogens with zero attached hydrogens (tertiary/aromatic N) is 2.